The predicted octanol–water partition coefficient (Wildman–Crippen LogP) is 4.18. The van der Waals surface area contributed by atoms with Gasteiger partial charge in [-0.15, -0.1) is 0 Å². The Morgan fingerprint density at radius 1 is 0.750 bits per heavy atom. The summed E-state index contributed by atoms with van der Waals surface area (Å²) in [6.07, 6.45) is 6.67. The average Bonchev–Trinajstić information content (AvgIpc) is 2.98. The number of aldehydes is 1. The van der Waals surface area contributed by atoms with E-state index in [0.717, 1.165) is 28.6 Å². The van der Waals surface area contributed by atoms with Crippen LogP contribution < -0.4 is 0 Å². The van der Waals surface area contributed by atoms with Crippen LogP contribution in [0.2, 0.25) is 0 Å². The van der Waals surface area contributed by atoms with Gasteiger partial charge in [0.05, 0.1) is 0 Å². The third-order valence-electron chi connectivity index (χ3n) is 3.33. The smallest absolute Gasteiger partial charge is 0.150 e. The molecule has 96 valence electrons. The minimum atomic E-state index is 0.712. The molecular formula is C19H14O. The molecule has 1 heteroatoms. The fraction of sp³-hybridized carbons (Fsp3) is 0. The molecule has 0 saturated heterocycles. The third-order valence-corrected chi connectivity index (χ3v) is 3.33. The quantitative estimate of drug-likeness (QED) is 0.755. The van der Waals surface area contributed by atoms with Gasteiger partial charge < -0.3 is 0 Å². The highest BCUT2D eigenvalue weighted by Crippen LogP contribution is 2.30. The van der Waals surface area contributed by atoms with Crippen LogP contribution in [0.1, 0.15) is 11.1 Å². The zero-order chi connectivity index (χ0) is 13.8. The van der Waals surface area contributed by atoms with E-state index in [9.17, 15) is 4.79 Å². The molecule has 0 fully saturated rings. The van der Waals surface area contributed by atoms with Crippen LogP contribution in [0, 0.1) is 0 Å². The fourth-order valence-corrected chi connectivity index (χ4v) is 2.40. The van der Waals surface area contributed by atoms with Gasteiger partial charge in [0.25, 0.3) is 0 Å². The Hall–Kier alpha value is -2.67. The minimum Gasteiger partial charge on any atom is -0.298 e. The summed E-state index contributed by atoms with van der Waals surface area (Å²) in [4.78, 5) is 10.9. The first-order valence-electron chi connectivity index (χ1n) is 6.58. The molecule has 0 saturated carbocycles. The summed E-state index contributed by atoms with van der Waals surface area (Å²) in [7, 11) is 0. The van der Waals surface area contributed by atoms with Gasteiger partial charge in [0.15, 0.2) is 0 Å². The molecule has 2 aromatic carbocycles. The maximum atomic E-state index is 10.9. The molecule has 0 N–H and O–H groups in total. The van der Waals surface area contributed by atoms with Crippen molar-refractivity contribution in [3.05, 3.63) is 101 Å². The molecule has 3 rings (SSSR count). The molecular weight excluding hydrogens is 244 g/mol. The zero-order valence-corrected chi connectivity index (χ0v) is 11.0. The summed E-state index contributed by atoms with van der Waals surface area (Å²) in [6.45, 7) is 0. The van der Waals surface area contributed by atoms with Gasteiger partial charge in [0.1, 0.15) is 6.29 Å². The molecule has 0 bridgehead atoms. The van der Waals surface area contributed by atoms with E-state index >= 15 is 0 Å². The standard InChI is InChI=1S/C19H14O/c20-14-15-11-12-18(13-15)19(16-7-3-1-4-8-16)17-9-5-2-6-10-17/h1-14H. The lowest BCUT2D eigenvalue weighted by Gasteiger charge is -2.10. The molecule has 0 atom stereocenters. The van der Waals surface area contributed by atoms with E-state index in [2.05, 4.69) is 24.3 Å². The Morgan fingerprint density at radius 3 is 1.75 bits per heavy atom. The first-order valence-corrected chi connectivity index (χ1v) is 6.58. The normalized spacial score (nSPS) is 13.2. The second kappa shape index (κ2) is 5.54. The maximum absolute atomic E-state index is 10.9. The molecule has 0 amide bonds. The number of hydrogen-bond donors (Lipinski definition) is 0. The van der Waals surface area contributed by atoms with Crippen LogP contribution in [-0.4, -0.2) is 6.29 Å². The van der Waals surface area contributed by atoms with Gasteiger partial charge in [-0.3, -0.25) is 4.79 Å². The maximum Gasteiger partial charge on any atom is 0.150 e. The van der Waals surface area contributed by atoms with Crippen LogP contribution in [0.15, 0.2) is 90.0 Å². The largest absolute Gasteiger partial charge is 0.298 e. The van der Waals surface area contributed by atoms with Crippen LogP contribution in [0.5, 0.6) is 0 Å². The number of allylic oxidation sites excluding steroid dienone is 5. The van der Waals surface area contributed by atoms with E-state index in [1.165, 1.54) is 0 Å². The van der Waals surface area contributed by atoms with Crippen molar-refractivity contribution < 1.29 is 4.79 Å². The van der Waals surface area contributed by atoms with Crippen molar-refractivity contribution in [1.29, 1.82) is 0 Å². The van der Waals surface area contributed by atoms with E-state index in [1.807, 2.05) is 54.6 Å². The van der Waals surface area contributed by atoms with Crippen molar-refractivity contribution in [3.8, 4) is 0 Å². The van der Waals surface area contributed by atoms with Crippen LogP contribution in [0.25, 0.3) is 5.57 Å². The number of rotatable bonds is 3. The summed E-state index contributed by atoms with van der Waals surface area (Å²) in [6, 6.07) is 20.5. The van der Waals surface area contributed by atoms with Gasteiger partial charge in [-0.25, -0.2) is 0 Å². The SMILES string of the molecule is O=CC1=CC(=C(c2ccccc2)c2ccccc2)C=C1. The first kappa shape index (κ1) is 12.4. The molecule has 2 aromatic rings. The third kappa shape index (κ3) is 2.39. The Bertz CT molecular complexity index is 662. The number of benzene rings is 2. The Labute approximate surface area is 118 Å². The lowest BCUT2D eigenvalue weighted by atomic mass is 9.93. The van der Waals surface area contributed by atoms with Crippen LogP contribution in [-0.2, 0) is 4.79 Å². The van der Waals surface area contributed by atoms with Crippen LogP contribution >= 0.6 is 0 Å². The summed E-state index contributed by atoms with van der Waals surface area (Å²) < 4.78 is 0. The van der Waals surface area contributed by atoms with Gasteiger partial charge in [-0.05, 0) is 28.3 Å². The zero-order valence-electron chi connectivity index (χ0n) is 11.0. The molecule has 0 unspecified atom stereocenters. The van der Waals surface area contributed by atoms with E-state index in [0.29, 0.717) is 5.57 Å². The monoisotopic (exact) mass is 258 g/mol. The second-order valence-electron chi connectivity index (χ2n) is 4.66. The molecule has 1 aliphatic carbocycles. The van der Waals surface area contributed by atoms with Crippen molar-refractivity contribution in [3.63, 3.8) is 0 Å². The van der Waals surface area contributed by atoms with Gasteiger partial charge in [-0.2, -0.15) is 0 Å². The highest BCUT2D eigenvalue weighted by molar-refractivity contribution is 5.90. The van der Waals surface area contributed by atoms with Crippen molar-refractivity contribution in [2.45, 2.75) is 0 Å². The van der Waals surface area contributed by atoms with Gasteiger partial charge in [0.2, 0.25) is 0 Å². The first-order chi connectivity index (χ1) is 9.88. The molecule has 0 spiro atoms. The van der Waals surface area contributed by atoms with E-state index in [4.69, 9.17) is 0 Å². The highest BCUT2D eigenvalue weighted by Gasteiger charge is 2.11. The average molecular weight is 258 g/mol. The molecule has 0 heterocycles. The summed E-state index contributed by atoms with van der Waals surface area (Å²) in [5.74, 6) is 0. The molecule has 1 nitrogen and oxygen atoms in total. The van der Waals surface area contributed by atoms with Gasteiger partial charge >= 0.3 is 0 Å². The molecule has 0 aromatic heterocycles. The van der Waals surface area contributed by atoms with Crippen LogP contribution in [0.4, 0.5) is 0 Å². The number of hydrogen-bond acceptors (Lipinski definition) is 1. The van der Waals surface area contributed by atoms with Crippen molar-refractivity contribution in [1.82, 2.24) is 0 Å². The minimum absolute atomic E-state index is 0.712. The Morgan fingerprint density at radius 2 is 1.30 bits per heavy atom. The molecule has 0 radical (unpaired) electrons. The molecule has 20 heavy (non-hydrogen) atoms. The van der Waals surface area contributed by atoms with Gasteiger partial charge in [0, 0.05) is 5.57 Å². The van der Waals surface area contributed by atoms with Crippen molar-refractivity contribution in [2.75, 3.05) is 0 Å². The lowest BCUT2D eigenvalue weighted by molar-refractivity contribution is -0.104. The summed E-state index contributed by atoms with van der Waals surface area (Å²) >= 11 is 0. The Kier molecular flexibility index (Phi) is 3.42. The van der Waals surface area contributed by atoms with E-state index < -0.39 is 0 Å². The van der Waals surface area contributed by atoms with Crippen LogP contribution in [0.3, 0.4) is 0 Å². The Balaban J connectivity index is 2.21. The second-order valence-corrected chi connectivity index (χ2v) is 4.66. The summed E-state index contributed by atoms with van der Waals surface area (Å²) in [5.41, 5.74) is 5.25. The van der Waals surface area contributed by atoms with Gasteiger partial charge in [-0.1, -0.05) is 72.8 Å². The lowest BCUT2D eigenvalue weighted by Crippen LogP contribution is -1.90. The molecule has 0 aliphatic heterocycles. The number of carbonyl (C=O) groups is 1. The predicted molar refractivity (Wildman–Crippen MR) is 82.2 cm³/mol. The fourth-order valence-electron chi connectivity index (χ4n) is 2.40. The molecule has 1 aliphatic rings. The van der Waals surface area contributed by atoms with Crippen molar-refractivity contribution >= 4 is 11.9 Å². The van der Waals surface area contributed by atoms with E-state index in [-0.39, 0.29) is 0 Å². The number of carbonyl (C=O) groups excluding carboxylic acids is 1. The highest BCUT2D eigenvalue weighted by atomic mass is 16.1. The topological polar surface area (TPSA) is 17.1 Å². The van der Waals surface area contributed by atoms with Crippen molar-refractivity contribution in [2.24, 2.45) is 0 Å². The summed E-state index contributed by atoms with van der Waals surface area (Å²) in [5, 5.41) is 0. The van der Waals surface area contributed by atoms with E-state index in [1.54, 1.807) is 0 Å².